The summed E-state index contributed by atoms with van der Waals surface area (Å²) in [5, 5.41) is 9.47. The van der Waals surface area contributed by atoms with Gasteiger partial charge in [0.05, 0.1) is 32.4 Å². The number of β-lactam (4-membered cyclic amide) rings is 1. The monoisotopic (exact) mass is 342 g/mol. The second kappa shape index (κ2) is 7.65. The number of hydrogen-bond acceptors (Lipinski definition) is 5. The maximum atomic E-state index is 12.6. The van der Waals surface area contributed by atoms with Crippen molar-refractivity contribution in [3.05, 3.63) is 60.2 Å². The van der Waals surface area contributed by atoms with Crippen molar-refractivity contribution in [1.29, 1.82) is 0 Å². The van der Waals surface area contributed by atoms with E-state index in [1.54, 1.807) is 36.3 Å². The Bertz CT molecular complexity index is 705. The largest absolute Gasteiger partial charge is 0.497 e. The number of aliphatic hydroxyl groups is 1. The smallest absolute Gasteiger partial charge is 0.258 e. The fourth-order valence-electron chi connectivity index (χ4n) is 2.98. The van der Waals surface area contributed by atoms with Crippen molar-refractivity contribution in [2.75, 3.05) is 18.6 Å². The zero-order valence-corrected chi connectivity index (χ0v) is 14.0. The van der Waals surface area contributed by atoms with Crippen LogP contribution in [0.5, 0.6) is 5.75 Å². The number of anilines is 1. The van der Waals surface area contributed by atoms with E-state index in [-0.39, 0.29) is 12.5 Å². The van der Waals surface area contributed by atoms with Gasteiger partial charge in [0.25, 0.3) is 5.91 Å². The first-order valence-corrected chi connectivity index (χ1v) is 8.15. The highest BCUT2D eigenvalue weighted by atomic mass is 16.5. The molecular weight excluding hydrogens is 320 g/mol. The number of methoxy groups -OCH3 is 1. The topological polar surface area (TPSA) is 85.0 Å². The van der Waals surface area contributed by atoms with E-state index in [0.29, 0.717) is 18.0 Å². The van der Waals surface area contributed by atoms with Gasteiger partial charge < -0.3 is 25.2 Å². The molecule has 1 fully saturated rings. The summed E-state index contributed by atoms with van der Waals surface area (Å²) in [6, 6.07) is 15.8. The molecule has 0 spiro atoms. The van der Waals surface area contributed by atoms with Crippen LogP contribution in [-0.2, 0) is 16.1 Å². The Balaban J connectivity index is 1.74. The van der Waals surface area contributed by atoms with Gasteiger partial charge in [-0.1, -0.05) is 30.3 Å². The molecule has 0 bridgehead atoms. The van der Waals surface area contributed by atoms with E-state index >= 15 is 0 Å². The molecule has 6 nitrogen and oxygen atoms in total. The lowest BCUT2D eigenvalue weighted by molar-refractivity contribution is -0.144. The number of benzene rings is 2. The Labute approximate surface area is 146 Å². The van der Waals surface area contributed by atoms with Crippen LogP contribution in [-0.4, -0.2) is 42.9 Å². The van der Waals surface area contributed by atoms with Crippen LogP contribution in [0.4, 0.5) is 5.69 Å². The summed E-state index contributed by atoms with van der Waals surface area (Å²) >= 11 is 0. The van der Waals surface area contributed by atoms with Gasteiger partial charge in [0.2, 0.25) is 0 Å². The number of carbonyl (C=O) groups excluding carboxylic acids is 1. The lowest BCUT2D eigenvalue weighted by Crippen LogP contribution is -2.72. The third-order valence-corrected chi connectivity index (χ3v) is 4.36. The quantitative estimate of drug-likeness (QED) is 0.741. The van der Waals surface area contributed by atoms with Crippen LogP contribution in [0.2, 0.25) is 0 Å². The zero-order valence-electron chi connectivity index (χ0n) is 14.0. The molecule has 1 aliphatic heterocycles. The van der Waals surface area contributed by atoms with Crippen LogP contribution in [0.15, 0.2) is 54.6 Å². The Morgan fingerprint density at radius 2 is 1.84 bits per heavy atom. The van der Waals surface area contributed by atoms with Crippen molar-refractivity contribution in [2.24, 2.45) is 5.73 Å². The summed E-state index contributed by atoms with van der Waals surface area (Å²) in [4.78, 5) is 14.2. The zero-order chi connectivity index (χ0) is 17.8. The van der Waals surface area contributed by atoms with E-state index < -0.39 is 18.2 Å². The fourth-order valence-corrected chi connectivity index (χ4v) is 2.98. The summed E-state index contributed by atoms with van der Waals surface area (Å²) < 4.78 is 10.9. The minimum atomic E-state index is -0.663. The lowest BCUT2D eigenvalue weighted by atomic mass is 9.90. The van der Waals surface area contributed by atoms with Gasteiger partial charge in [-0.25, -0.2) is 0 Å². The summed E-state index contributed by atoms with van der Waals surface area (Å²) in [7, 11) is 1.59. The summed E-state index contributed by atoms with van der Waals surface area (Å²) in [5.74, 6) is 0.548. The minimum Gasteiger partial charge on any atom is -0.497 e. The van der Waals surface area contributed by atoms with Crippen molar-refractivity contribution < 1.29 is 19.4 Å². The molecule has 3 N–H and O–H groups in total. The van der Waals surface area contributed by atoms with Crippen molar-refractivity contribution in [2.45, 2.75) is 24.8 Å². The molecule has 1 saturated heterocycles. The van der Waals surface area contributed by atoms with Crippen molar-refractivity contribution in [1.82, 2.24) is 0 Å². The van der Waals surface area contributed by atoms with Gasteiger partial charge >= 0.3 is 0 Å². The highest BCUT2D eigenvalue weighted by Gasteiger charge is 2.51. The molecule has 1 amide bonds. The molecule has 6 heteroatoms. The van der Waals surface area contributed by atoms with Gasteiger partial charge in [-0.05, 0) is 29.8 Å². The molecule has 25 heavy (non-hydrogen) atoms. The van der Waals surface area contributed by atoms with E-state index in [2.05, 4.69) is 0 Å². The predicted molar refractivity (Wildman–Crippen MR) is 94.3 cm³/mol. The molecule has 2 aromatic carbocycles. The van der Waals surface area contributed by atoms with Crippen LogP contribution in [0, 0.1) is 0 Å². The maximum Gasteiger partial charge on any atom is 0.258 e. The molecular formula is C19H22N2O4. The highest BCUT2D eigenvalue weighted by molar-refractivity contribution is 6.05. The fraction of sp³-hybridized carbons (Fsp3) is 0.316. The van der Waals surface area contributed by atoms with Gasteiger partial charge in [0, 0.05) is 5.69 Å². The number of rotatable bonds is 7. The number of hydrogen-bond donors (Lipinski definition) is 2. The number of amides is 1. The average molecular weight is 342 g/mol. The summed E-state index contributed by atoms with van der Waals surface area (Å²) in [5.41, 5.74) is 7.72. The minimum absolute atomic E-state index is 0.157. The number of carbonyl (C=O) groups is 1. The van der Waals surface area contributed by atoms with Crippen LogP contribution >= 0.6 is 0 Å². The Morgan fingerprint density at radius 3 is 2.44 bits per heavy atom. The maximum absolute atomic E-state index is 12.6. The Morgan fingerprint density at radius 1 is 1.16 bits per heavy atom. The van der Waals surface area contributed by atoms with E-state index in [9.17, 15) is 9.90 Å². The molecule has 0 aromatic heterocycles. The SMILES string of the molecule is COc1ccc(N2C(=O)[C@H](OCc3ccccc3)[C@@H]2[C@@H](N)CO)cc1. The molecule has 1 heterocycles. The van der Waals surface area contributed by atoms with E-state index in [0.717, 1.165) is 5.56 Å². The summed E-state index contributed by atoms with van der Waals surface area (Å²) in [6.45, 7) is 0.0954. The van der Waals surface area contributed by atoms with Crippen LogP contribution in [0.1, 0.15) is 5.56 Å². The normalized spacial score (nSPS) is 20.9. The first kappa shape index (κ1) is 17.4. The molecule has 2 aromatic rings. The van der Waals surface area contributed by atoms with E-state index in [1.165, 1.54) is 0 Å². The van der Waals surface area contributed by atoms with E-state index in [4.69, 9.17) is 15.2 Å². The van der Waals surface area contributed by atoms with Crippen LogP contribution < -0.4 is 15.4 Å². The van der Waals surface area contributed by atoms with Gasteiger partial charge in [-0.15, -0.1) is 0 Å². The highest BCUT2D eigenvalue weighted by Crippen LogP contribution is 2.33. The number of nitrogens with zero attached hydrogens (tertiary/aromatic N) is 1. The molecule has 0 radical (unpaired) electrons. The van der Waals surface area contributed by atoms with Crippen molar-refractivity contribution >= 4 is 11.6 Å². The Kier molecular flexibility index (Phi) is 5.33. The summed E-state index contributed by atoms with van der Waals surface area (Å²) in [6.07, 6.45) is -0.663. The first-order chi connectivity index (χ1) is 12.2. The second-order valence-corrected chi connectivity index (χ2v) is 5.96. The molecule has 0 unspecified atom stereocenters. The van der Waals surface area contributed by atoms with E-state index in [1.807, 2.05) is 30.3 Å². The van der Waals surface area contributed by atoms with Crippen LogP contribution in [0.3, 0.4) is 0 Å². The predicted octanol–water partition coefficient (Wildman–Crippen LogP) is 1.32. The molecule has 3 atom stereocenters. The molecule has 3 rings (SSSR count). The number of nitrogens with two attached hydrogens (primary N) is 1. The molecule has 0 saturated carbocycles. The van der Waals surface area contributed by atoms with Crippen molar-refractivity contribution in [3.63, 3.8) is 0 Å². The first-order valence-electron chi connectivity index (χ1n) is 8.15. The average Bonchev–Trinajstić information content (AvgIpc) is 2.66. The van der Waals surface area contributed by atoms with Crippen molar-refractivity contribution in [3.8, 4) is 5.75 Å². The number of ether oxygens (including phenoxy) is 2. The third kappa shape index (κ3) is 3.51. The lowest BCUT2D eigenvalue weighted by Gasteiger charge is -2.48. The van der Waals surface area contributed by atoms with Gasteiger partial charge in [-0.2, -0.15) is 0 Å². The second-order valence-electron chi connectivity index (χ2n) is 5.96. The third-order valence-electron chi connectivity index (χ3n) is 4.36. The number of aliphatic hydroxyl groups excluding tert-OH is 1. The standard InChI is InChI=1S/C19H22N2O4/c1-24-15-9-7-14(8-10-15)21-17(16(20)11-22)18(19(21)23)25-12-13-5-3-2-4-6-13/h2-10,16-18,22H,11-12,20H2,1H3/t16-,17-,18+/m0/s1. The molecule has 132 valence electrons. The molecule has 0 aliphatic carbocycles. The van der Waals surface area contributed by atoms with Gasteiger partial charge in [0.15, 0.2) is 6.10 Å². The van der Waals surface area contributed by atoms with Gasteiger partial charge in [-0.3, -0.25) is 4.79 Å². The van der Waals surface area contributed by atoms with Gasteiger partial charge in [0.1, 0.15) is 5.75 Å². The molecule has 1 aliphatic rings. The van der Waals surface area contributed by atoms with Crippen LogP contribution in [0.25, 0.3) is 0 Å². The Hall–Kier alpha value is -2.41.